The number of rotatable bonds is 2. The first-order chi connectivity index (χ1) is 7.49. The third kappa shape index (κ3) is 1.64. The van der Waals surface area contributed by atoms with E-state index in [0.717, 1.165) is 5.69 Å². The molecular weight excluding hydrogens is 206 g/mol. The van der Waals surface area contributed by atoms with Crippen LogP contribution in [0.4, 0.5) is 0 Å². The maximum absolute atomic E-state index is 10.9. The van der Waals surface area contributed by atoms with Crippen LogP contribution in [0.1, 0.15) is 41.5 Å². The molecule has 2 heterocycles. The molecule has 0 amide bonds. The van der Waals surface area contributed by atoms with Gasteiger partial charge in [-0.15, -0.1) is 0 Å². The molecule has 0 aliphatic heterocycles. The third-order valence-electron chi connectivity index (χ3n) is 2.48. The van der Waals surface area contributed by atoms with Gasteiger partial charge in [0.2, 0.25) is 0 Å². The highest BCUT2D eigenvalue weighted by molar-refractivity contribution is 5.88. The number of aromatic nitrogens is 3. The van der Waals surface area contributed by atoms with E-state index in [0.29, 0.717) is 17.3 Å². The van der Waals surface area contributed by atoms with Crippen molar-refractivity contribution in [1.82, 2.24) is 14.6 Å². The standard InChI is InChI=1S/C11H13N3O2/c1-6(2)9-4-10-12-7(3)8(11(15)16)5-14(10)13-9/h4-6H,1-3H3,(H,15,16). The van der Waals surface area contributed by atoms with Crippen LogP contribution < -0.4 is 0 Å². The fourth-order valence-electron chi connectivity index (χ4n) is 1.52. The van der Waals surface area contributed by atoms with E-state index < -0.39 is 5.97 Å². The lowest BCUT2D eigenvalue weighted by atomic mass is 10.1. The Morgan fingerprint density at radius 2 is 2.19 bits per heavy atom. The summed E-state index contributed by atoms with van der Waals surface area (Å²) >= 11 is 0. The molecule has 0 atom stereocenters. The van der Waals surface area contributed by atoms with Crippen LogP contribution in [-0.2, 0) is 0 Å². The van der Waals surface area contributed by atoms with Crippen molar-refractivity contribution in [2.24, 2.45) is 0 Å². The fourth-order valence-corrected chi connectivity index (χ4v) is 1.52. The summed E-state index contributed by atoms with van der Waals surface area (Å²) in [6.07, 6.45) is 1.51. The van der Waals surface area contributed by atoms with Crippen LogP contribution in [0.5, 0.6) is 0 Å². The molecule has 1 N–H and O–H groups in total. The van der Waals surface area contributed by atoms with Crippen LogP contribution in [0.2, 0.25) is 0 Å². The smallest absolute Gasteiger partial charge is 0.339 e. The molecule has 0 aliphatic carbocycles. The Morgan fingerprint density at radius 3 is 2.75 bits per heavy atom. The summed E-state index contributed by atoms with van der Waals surface area (Å²) in [6, 6.07) is 1.88. The number of carbonyl (C=O) groups is 1. The van der Waals surface area contributed by atoms with E-state index in [1.165, 1.54) is 10.7 Å². The highest BCUT2D eigenvalue weighted by Crippen LogP contribution is 2.15. The van der Waals surface area contributed by atoms with Gasteiger partial charge in [-0.2, -0.15) is 5.10 Å². The van der Waals surface area contributed by atoms with Crippen molar-refractivity contribution in [2.75, 3.05) is 0 Å². The van der Waals surface area contributed by atoms with Crippen molar-refractivity contribution >= 4 is 11.6 Å². The Bertz CT molecular complexity index is 558. The minimum Gasteiger partial charge on any atom is -0.478 e. The number of aryl methyl sites for hydroxylation is 1. The van der Waals surface area contributed by atoms with Gasteiger partial charge in [-0.1, -0.05) is 13.8 Å². The van der Waals surface area contributed by atoms with Crippen molar-refractivity contribution in [2.45, 2.75) is 26.7 Å². The van der Waals surface area contributed by atoms with Crippen molar-refractivity contribution in [1.29, 1.82) is 0 Å². The van der Waals surface area contributed by atoms with E-state index in [1.54, 1.807) is 6.92 Å². The molecule has 0 saturated heterocycles. The quantitative estimate of drug-likeness (QED) is 0.837. The summed E-state index contributed by atoms with van der Waals surface area (Å²) in [5, 5.41) is 13.2. The molecule has 2 aromatic heterocycles. The molecule has 16 heavy (non-hydrogen) atoms. The zero-order valence-corrected chi connectivity index (χ0v) is 9.43. The molecule has 0 spiro atoms. The molecule has 0 unspecified atom stereocenters. The van der Waals surface area contributed by atoms with Crippen LogP contribution in [0.3, 0.4) is 0 Å². The lowest BCUT2D eigenvalue weighted by molar-refractivity contribution is 0.0695. The molecule has 5 heteroatoms. The number of carboxylic acids is 1. The van der Waals surface area contributed by atoms with E-state index in [4.69, 9.17) is 5.11 Å². The van der Waals surface area contributed by atoms with Crippen LogP contribution >= 0.6 is 0 Å². The van der Waals surface area contributed by atoms with Gasteiger partial charge >= 0.3 is 5.97 Å². The van der Waals surface area contributed by atoms with Gasteiger partial charge in [-0.3, -0.25) is 0 Å². The van der Waals surface area contributed by atoms with Gasteiger partial charge in [0.1, 0.15) is 0 Å². The summed E-state index contributed by atoms with van der Waals surface area (Å²) in [4.78, 5) is 15.1. The SMILES string of the molecule is Cc1nc2cc(C(C)C)nn2cc1C(=O)O. The third-order valence-corrected chi connectivity index (χ3v) is 2.48. The predicted molar refractivity (Wildman–Crippen MR) is 58.8 cm³/mol. The Balaban J connectivity index is 2.65. The number of nitrogens with zero attached hydrogens (tertiary/aromatic N) is 3. The second kappa shape index (κ2) is 3.59. The molecular formula is C11H13N3O2. The predicted octanol–water partition coefficient (Wildman–Crippen LogP) is 1.86. The van der Waals surface area contributed by atoms with Crippen molar-refractivity contribution in [3.63, 3.8) is 0 Å². The van der Waals surface area contributed by atoms with Gasteiger partial charge in [-0.25, -0.2) is 14.3 Å². The first-order valence-electron chi connectivity index (χ1n) is 5.09. The van der Waals surface area contributed by atoms with E-state index >= 15 is 0 Å². The number of hydrogen-bond acceptors (Lipinski definition) is 3. The molecule has 0 fully saturated rings. The van der Waals surface area contributed by atoms with Crippen molar-refractivity contribution in [3.8, 4) is 0 Å². The lowest BCUT2D eigenvalue weighted by Crippen LogP contribution is -2.05. The fraction of sp³-hybridized carbons (Fsp3) is 0.364. The minimum atomic E-state index is -0.978. The number of carboxylic acid groups (broad SMARTS) is 1. The Morgan fingerprint density at radius 1 is 1.50 bits per heavy atom. The highest BCUT2D eigenvalue weighted by atomic mass is 16.4. The maximum atomic E-state index is 10.9. The van der Waals surface area contributed by atoms with Crippen molar-refractivity contribution < 1.29 is 9.90 Å². The van der Waals surface area contributed by atoms with Crippen LogP contribution in [-0.4, -0.2) is 25.7 Å². The molecule has 2 aromatic rings. The Hall–Kier alpha value is -1.91. The average molecular weight is 219 g/mol. The molecule has 0 aliphatic rings. The van der Waals surface area contributed by atoms with Crippen molar-refractivity contribution in [3.05, 3.63) is 29.2 Å². The Kier molecular flexibility index (Phi) is 2.38. The number of hydrogen-bond donors (Lipinski definition) is 1. The van der Waals surface area contributed by atoms with Gasteiger partial charge in [0.15, 0.2) is 5.65 Å². The Labute approximate surface area is 92.7 Å². The van der Waals surface area contributed by atoms with Gasteiger partial charge in [-0.05, 0) is 12.8 Å². The second-order valence-electron chi connectivity index (χ2n) is 4.07. The van der Waals surface area contributed by atoms with Gasteiger partial charge in [0.05, 0.1) is 17.0 Å². The largest absolute Gasteiger partial charge is 0.478 e. The molecule has 5 nitrogen and oxygen atoms in total. The van der Waals surface area contributed by atoms with Gasteiger partial charge in [0.25, 0.3) is 0 Å². The van der Waals surface area contributed by atoms with Gasteiger partial charge in [0, 0.05) is 12.3 Å². The molecule has 2 rings (SSSR count). The summed E-state index contributed by atoms with van der Waals surface area (Å²) in [6.45, 7) is 5.75. The van der Waals surface area contributed by atoms with E-state index in [2.05, 4.69) is 10.1 Å². The zero-order chi connectivity index (χ0) is 11.9. The first kappa shape index (κ1) is 10.6. The molecule has 0 bridgehead atoms. The molecule has 84 valence electrons. The average Bonchev–Trinajstić information content (AvgIpc) is 2.58. The molecule has 0 aromatic carbocycles. The van der Waals surface area contributed by atoms with Gasteiger partial charge < -0.3 is 5.11 Å². The summed E-state index contributed by atoms with van der Waals surface area (Å²) in [5.74, 6) is -0.677. The van der Waals surface area contributed by atoms with E-state index in [1.807, 2.05) is 19.9 Å². The zero-order valence-electron chi connectivity index (χ0n) is 9.43. The maximum Gasteiger partial charge on any atom is 0.339 e. The summed E-state index contributed by atoms with van der Waals surface area (Å²) in [5.41, 5.74) is 2.29. The molecule has 0 saturated carbocycles. The normalized spacial score (nSPS) is 11.2. The van der Waals surface area contributed by atoms with E-state index in [-0.39, 0.29) is 5.56 Å². The number of aromatic carboxylic acids is 1. The topological polar surface area (TPSA) is 67.5 Å². The lowest BCUT2D eigenvalue weighted by Gasteiger charge is -2.00. The minimum absolute atomic E-state index is 0.186. The summed E-state index contributed by atoms with van der Waals surface area (Å²) < 4.78 is 1.52. The van der Waals surface area contributed by atoms with Crippen LogP contribution in [0.25, 0.3) is 5.65 Å². The monoisotopic (exact) mass is 219 g/mol. The van der Waals surface area contributed by atoms with E-state index in [9.17, 15) is 4.79 Å². The van der Waals surface area contributed by atoms with Crippen LogP contribution in [0.15, 0.2) is 12.3 Å². The highest BCUT2D eigenvalue weighted by Gasteiger charge is 2.12. The number of fused-ring (bicyclic) bond motifs is 1. The molecule has 0 radical (unpaired) electrons. The first-order valence-corrected chi connectivity index (χ1v) is 5.09. The second-order valence-corrected chi connectivity index (χ2v) is 4.07. The van der Waals surface area contributed by atoms with Crippen LogP contribution in [0, 0.1) is 6.92 Å². The summed E-state index contributed by atoms with van der Waals surface area (Å²) in [7, 11) is 0.